The molecule has 7 heteroatoms. The smallest absolute Gasteiger partial charge is 0.265 e. The van der Waals surface area contributed by atoms with E-state index in [0.717, 1.165) is 15.0 Å². The Morgan fingerprint density at radius 2 is 2.17 bits per heavy atom. The van der Waals surface area contributed by atoms with E-state index in [0.29, 0.717) is 10.7 Å². The van der Waals surface area contributed by atoms with Crippen molar-refractivity contribution in [2.75, 3.05) is 0 Å². The Bertz CT molecular complexity index is 795. The van der Waals surface area contributed by atoms with Crippen molar-refractivity contribution >= 4 is 32.2 Å². The Hall–Kier alpha value is -1.60. The highest BCUT2D eigenvalue weighted by molar-refractivity contribution is 9.10. The molecule has 0 saturated carbocycles. The molecule has 3 aromatic rings. The van der Waals surface area contributed by atoms with Crippen molar-refractivity contribution < 1.29 is 0 Å². The number of rotatable bonds is 1. The van der Waals surface area contributed by atoms with Crippen LogP contribution in [0.4, 0.5) is 0 Å². The van der Waals surface area contributed by atoms with Gasteiger partial charge in [-0.1, -0.05) is 39.4 Å². The summed E-state index contributed by atoms with van der Waals surface area (Å²) in [7, 11) is 0. The molecule has 90 valence electrons. The minimum absolute atomic E-state index is 0.225. The average molecular weight is 323 g/mol. The van der Waals surface area contributed by atoms with Crippen molar-refractivity contribution in [2.45, 2.75) is 6.92 Å². The first-order chi connectivity index (χ1) is 8.65. The van der Waals surface area contributed by atoms with Crippen LogP contribution in [0.3, 0.4) is 0 Å². The van der Waals surface area contributed by atoms with E-state index in [1.54, 1.807) is 6.92 Å². The molecule has 2 aromatic heterocycles. The average Bonchev–Trinajstić information content (AvgIpc) is 2.79. The summed E-state index contributed by atoms with van der Waals surface area (Å²) < 4.78 is 2.26. The molecule has 0 bridgehead atoms. The first-order valence-electron chi connectivity index (χ1n) is 5.14. The SMILES string of the molecule is Cc1nnc2sc(-c3cccc(Br)c3)nn2c1=O. The highest BCUT2D eigenvalue weighted by Gasteiger charge is 2.10. The van der Waals surface area contributed by atoms with Gasteiger partial charge in [-0.3, -0.25) is 4.79 Å². The molecule has 0 radical (unpaired) electrons. The van der Waals surface area contributed by atoms with Crippen LogP contribution in [0.15, 0.2) is 33.5 Å². The highest BCUT2D eigenvalue weighted by Crippen LogP contribution is 2.26. The molecule has 3 rings (SSSR count). The highest BCUT2D eigenvalue weighted by atomic mass is 79.9. The van der Waals surface area contributed by atoms with E-state index in [9.17, 15) is 4.79 Å². The molecule has 18 heavy (non-hydrogen) atoms. The van der Waals surface area contributed by atoms with Crippen molar-refractivity contribution in [1.29, 1.82) is 0 Å². The van der Waals surface area contributed by atoms with Crippen LogP contribution in [0.2, 0.25) is 0 Å². The van der Waals surface area contributed by atoms with Gasteiger partial charge in [0.1, 0.15) is 10.7 Å². The number of hydrogen-bond donors (Lipinski definition) is 0. The molecule has 0 aliphatic carbocycles. The summed E-state index contributed by atoms with van der Waals surface area (Å²) >= 11 is 4.75. The first-order valence-corrected chi connectivity index (χ1v) is 6.75. The lowest BCUT2D eigenvalue weighted by atomic mass is 10.2. The topological polar surface area (TPSA) is 60.1 Å². The molecule has 0 saturated heterocycles. The molecule has 0 atom stereocenters. The normalized spacial score (nSPS) is 11.0. The molecule has 0 aliphatic heterocycles. The van der Waals surface area contributed by atoms with E-state index in [4.69, 9.17) is 0 Å². The first kappa shape index (κ1) is 11.5. The minimum atomic E-state index is -0.225. The van der Waals surface area contributed by atoms with Crippen molar-refractivity contribution in [3.63, 3.8) is 0 Å². The summed E-state index contributed by atoms with van der Waals surface area (Å²) in [5.41, 5.74) is 1.06. The second-order valence-electron chi connectivity index (χ2n) is 3.70. The van der Waals surface area contributed by atoms with Crippen LogP contribution in [0.5, 0.6) is 0 Å². The molecular weight excluding hydrogens is 316 g/mol. The van der Waals surface area contributed by atoms with Crippen molar-refractivity contribution in [3.05, 3.63) is 44.8 Å². The van der Waals surface area contributed by atoms with Crippen molar-refractivity contribution in [2.24, 2.45) is 0 Å². The standard InChI is InChI=1S/C11H7BrN4OS/c1-6-10(17)16-11(14-13-6)18-9(15-16)7-3-2-4-8(12)5-7/h2-5H,1H3. The fourth-order valence-corrected chi connectivity index (χ4v) is 2.76. The molecule has 0 unspecified atom stereocenters. The summed E-state index contributed by atoms with van der Waals surface area (Å²) in [5.74, 6) is 0. The zero-order valence-corrected chi connectivity index (χ0v) is 11.7. The minimum Gasteiger partial charge on any atom is -0.265 e. The third kappa shape index (κ3) is 1.85. The molecule has 0 N–H and O–H groups in total. The zero-order chi connectivity index (χ0) is 12.7. The predicted octanol–water partition coefficient (Wildman–Crippen LogP) is 2.28. The van der Waals surface area contributed by atoms with Crippen LogP contribution in [0.1, 0.15) is 5.69 Å². The molecule has 1 aromatic carbocycles. The second kappa shape index (κ2) is 4.25. The molecule has 0 fully saturated rings. The van der Waals surface area contributed by atoms with Gasteiger partial charge in [-0.2, -0.15) is 9.61 Å². The number of fused-ring (bicyclic) bond motifs is 1. The van der Waals surface area contributed by atoms with Crippen molar-refractivity contribution in [3.8, 4) is 10.6 Å². The number of hydrogen-bond acceptors (Lipinski definition) is 5. The number of halogens is 1. The zero-order valence-electron chi connectivity index (χ0n) is 9.29. The third-order valence-electron chi connectivity index (χ3n) is 2.42. The Morgan fingerprint density at radius 1 is 1.33 bits per heavy atom. The van der Waals surface area contributed by atoms with Crippen LogP contribution >= 0.6 is 27.3 Å². The van der Waals surface area contributed by atoms with E-state index >= 15 is 0 Å². The maximum atomic E-state index is 11.8. The Balaban J connectivity index is 2.26. The molecule has 0 aliphatic rings. The molecule has 5 nitrogen and oxygen atoms in total. The molecular formula is C11H7BrN4OS. The van der Waals surface area contributed by atoms with Crippen LogP contribution in [-0.4, -0.2) is 19.8 Å². The van der Waals surface area contributed by atoms with E-state index in [1.807, 2.05) is 24.3 Å². The lowest BCUT2D eigenvalue weighted by Crippen LogP contribution is -2.19. The van der Waals surface area contributed by atoms with Gasteiger partial charge in [-0.05, 0) is 19.1 Å². The van der Waals surface area contributed by atoms with Gasteiger partial charge >= 0.3 is 0 Å². The number of nitrogens with zero attached hydrogens (tertiary/aromatic N) is 4. The van der Waals surface area contributed by atoms with Gasteiger partial charge < -0.3 is 0 Å². The number of benzene rings is 1. The Labute approximate surface area is 114 Å². The van der Waals surface area contributed by atoms with Gasteiger partial charge in [0.15, 0.2) is 0 Å². The van der Waals surface area contributed by atoms with Crippen LogP contribution in [-0.2, 0) is 0 Å². The third-order valence-corrected chi connectivity index (χ3v) is 3.86. The van der Waals surface area contributed by atoms with Crippen molar-refractivity contribution in [1.82, 2.24) is 19.8 Å². The quantitative estimate of drug-likeness (QED) is 0.689. The summed E-state index contributed by atoms with van der Waals surface area (Å²) in [4.78, 5) is 12.3. The predicted molar refractivity (Wildman–Crippen MR) is 72.8 cm³/mol. The molecule has 2 heterocycles. The summed E-state index contributed by atoms with van der Waals surface area (Å²) in [6.45, 7) is 1.62. The second-order valence-corrected chi connectivity index (χ2v) is 5.57. The van der Waals surface area contributed by atoms with E-state index in [2.05, 4.69) is 31.2 Å². The molecule has 0 amide bonds. The maximum Gasteiger partial charge on any atom is 0.296 e. The summed E-state index contributed by atoms with van der Waals surface area (Å²) in [5, 5.41) is 12.8. The number of aromatic nitrogens is 4. The summed E-state index contributed by atoms with van der Waals surface area (Å²) in [6, 6.07) is 7.75. The maximum absolute atomic E-state index is 11.8. The Kier molecular flexibility index (Phi) is 2.71. The fourth-order valence-electron chi connectivity index (χ4n) is 1.53. The van der Waals surface area contributed by atoms with E-state index in [-0.39, 0.29) is 5.56 Å². The van der Waals surface area contributed by atoms with Gasteiger partial charge in [0.25, 0.3) is 5.56 Å². The lowest BCUT2D eigenvalue weighted by molar-refractivity contribution is 0.829. The summed E-state index contributed by atoms with van der Waals surface area (Å²) in [6.07, 6.45) is 0. The Morgan fingerprint density at radius 3 is 2.94 bits per heavy atom. The monoisotopic (exact) mass is 322 g/mol. The largest absolute Gasteiger partial charge is 0.296 e. The van der Waals surface area contributed by atoms with E-state index < -0.39 is 0 Å². The van der Waals surface area contributed by atoms with Crippen LogP contribution in [0.25, 0.3) is 15.5 Å². The number of aryl methyl sites for hydroxylation is 1. The van der Waals surface area contributed by atoms with E-state index in [1.165, 1.54) is 15.9 Å². The fraction of sp³-hybridized carbons (Fsp3) is 0.0909. The van der Waals surface area contributed by atoms with Crippen LogP contribution < -0.4 is 5.56 Å². The lowest BCUT2D eigenvalue weighted by Gasteiger charge is -1.94. The van der Waals surface area contributed by atoms with Crippen LogP contribution in [0, 0.1) is 6.92 Å². The van der Waals surface area contributed by atoms with Gasteiger partial charge in [0.2, 0.25) is 4.96 Å². The van der Waals surface area contributed by atoms with Gasteiger partial charge in [-0.15, -0.1) is 10.2 Å². The van der Waals surface area contributed by atoms with Gasteiger partial charge in [0, 0.05) is 10.0 Å². The van der Waals surface area contributed by atoms with Gasteiger partial charge in [0.05, 0.1) is 0 Å². The van der Waals surface area contributed by atoms with Gasteiger partial charge in [-0.25, -0.2) is 0 Å². The molecule has 0 spiro atoms.